The minimum atomic E-state index is -0.193. The number of halogens is 1. The first-order valence-corrected chi connectivity index (χ1v) is 7.06. The molecule has 1 atom stereocenters. The van der Waals surface area contributed by atoms with Crippen molar-refractivity contribution >= 4 is 0 Å². The van der Waals surface area contributed by atoms with Crippen molar-refractivity contribution in [3.63, 3.8) is 0 Å². The van der Waals surface area contributed by atoms with Gasteiger partial charge in [0.15, 0.2) is 0 Å². The molecule has 2 nitrogen and oxygen atoms in total. The first-order chi connectivity index (χ1) is 9.00. The Hall–Kier alpha value is -1.09. The molecule has 0 spiro atoms. The van der Waals surface area contributed by atoms with Crippen molar-refractivity contribution in [2.75, 3.05) is 7.11 Å². The normalized spacial score (nSPS) is 22.2. The van der Waals surface area contributed by atoms with Gasteiger partial charge in [-0.05, 0) is 30.7 Å². The van der Waals surface area contributed by atoms with Crippen LogP contribution in [-0.2, 0) is 6.54 Å². The Morgan fingerprint density at radius 3 is 2.84 bits per heavy atom. The van der Waals surface area contributed by atoms with Gasteiger partial charge < -0.3 is 10.1 Å². The van der Waals surface area contributed by atoms with Crippen LogP contribution in [0.25, 0.3) is 0 Å². The van der Waals surface area contributed by atoms with Gasteiger partial charge >= 0.3 is 0 Å². The Labute approximate surface area is 115 Å². The molecule has 0 aliphatic heterocycles. The lowest BCUT2D eigenvalue weighted by molar-refractivity contribution is 0.197. The summed E-state index contributed by atoms with van der Waals surface area (Å²) >= 11 is 0. The predicted molar refractivity (Wildman–Crippen MR) is 75.8 cm³/mol. The highest BCUT2D eigenvalue weighted by atomic mass is 19.1. The van der Waals surface area contributed by atoms with E-state index in [0.29, 0.717) is 29.3 Å². The number of methoxy groups -OCH3 is 1. The lowest BCUT2D eigenvalue weighted by Crippen LogP contribution is -2.37. The molecule has 0 heterocycles. The van der Waals surface area contributed by atoms with Crippen LogP contribution >= 0.6 is 0 Å². The standard InChI is InChI=1S/C16H24FNO/c1-16(2)8-4-5-13(10-16)18-11-12-6-7-14(19-3)9-15(12)17/h6-7,9,13,18H,4-5,8,10-11H2,1-3H3. The average molecular weight is 265 g/mol. The minimum Gasteiger partial charge on any atom is -0.497 e. The maximum atomic E-state index is 13.8. The van der Waals surface area contributed by atoms with E-state index in [1.54, 1.807) is 13.2 Å². The number of nitrogens with one attached hydrogen (secondary N) is 1. The predicted octanol–water partition coefficient (Wildman–Crippen LogP) is 3.89. The second-order valence-corrected chi connectivity index (χ2v) is 6.30. The third kappa shape index (κ3) is 3.93. The summed E-state index contributed by atoms with van der Waals surface area (Å²) < 4.78 is 18.8. The van der Waals surface area contributed by atoms with Crippen LogP contribution < -0.4 is 10.1 Å². The molecule has 1 unspecified atom stereocenters. The SMILES string of the molecule is COc1ccc(CNC2CCCC(C)(C)C2)c(F)c1. The van der Waals surface area contributed by atoms with Crippen LogP contribution in [0.3, 0.4) is 0 Å². The summed E-state index contributed by atoms with van der Waals surface area (Å²) in [6.07, 6.45) is 4.92. The van der Waals surface area contributed by atoms with Gasteiger partial charge in [0, 0.05) is 24.2 Å². The summed E-state index contributed by atoms with van der Waals surface area (Å²) in [4.78, 5) is 0. The van der Waals surface area contributed by atoms with Gasteiger partial charge in [-0.25, -0.2) is 4.39 Å². The van der Waals surface area contributed by atoms with Crippen LogP contribution in [0.15, 0.2) is 18.2 Å². The van der Waals surface area contributed by atoms with Gasteiger partial charge in [0.25, 0.3) is 0 Å². The molecule has 1 N–H and O–H groups in total. The molecule has 0 saturated heterocycles. The smallest absolute Gasteiger partial charge is 0.131 e. The highest BCUT2D eigenvalue weighted by molar-refractivity contribution is 5.28. The van der Waals surface area contributed by atoms with E-state index in [2.05, 4.69) is 19.2 Å². The van der Waals surface area contributed by atoms with E-state index in [9.17, 15) is 4.39 Å². The number of ether oxygens (including phenoxy) is 1. The molecule has 0 aromatic heterocycles. The van der Waals surface area contributed by atoms with Crippen LogP contribution in [0.4, 0.5) is 4.39 Å². The van der Waals surface area contributed by atoms with Gasteiger partial charge in [0.2, 0.25) is 0 Å². The van der Waals surface area contributed by atoms with Crippen LogP contribution in [0.5, 0.6) is 5.75 Å². The highest BCUT2D eigenvalue weighted by Gasteiger charge is 2.27. The van der Waals surface area contributed by atoms with Crippen LogP contribution in [0.1, 0.15) is 45.1 Å². The Kier molecular flexibility index (Phi) is 4.46. The number of hydrogen-bond acceptors (Lipinski definition) is 2. The molecule has 0 bridgehead atoms. The summed E-state index contributed by atoms with van der Waals surface area (Å²) in [5.41, 5.74) is 1.12. The van der Waals surface area contributed by atoms with Crippen molar-refractivity contribution in [1.82, 2.24) is 5.32 Å². The molecule has 1 fully saturated rings. The first-order valence-electron chi connectivity index (χ1n) is 7.06. The van der Waals surface area contributed by atoms with Crippen molar-refractivity contribution in [2.24, 2.45) is 5.41 Å². The third-order valence-electron chi connectivity index (χ3n) is 4.05. The van der Waals surface area contributed by atoms with Crippen molar-refractivity contribution in [3.8, 4) is 5.75 Å². The molecule has 1 aliphatic rings. The molecule has 1 aromatic rings. The summed E-state index contributed by atoms with van der Waals surface area (Å²) in [7, 11) is 1.55. The molecule has 106 valence electrons. The van der Waals surface area contributed by atoms with E-state index >= 15 is 0 Å². The number of benzene rings is 1. The topological polar surface area (TPSA) is 21.3 Å². The van der Waals surface area contributed by atoms with Gasteiger partial charge in [0.05, 0.1) is 7.11 Å². The number of hydrogen-bond donors (Lipinski definition) is 1. The molecule has 3 heteroatoms. The van der Waals surface area contributed by atoms with Gasteiger partial charge in [-0.2, -0.15) is 0 Å². The minimum absolute atomic E-state index is 0.193. The lowest BCUT2D eigenvalue weighted by Gasteiger charge is -2.35. The lowest BCUT2D eigenvalue weighted by atomic mass is 9.75. The summed E-state index contributed by atoms with van der Waals surface area (Å²) in [5, 5.41) is 3.49. The summed E-state index contributed by atoms with van der Waals surface area (Å²) in [6, 6.07) is 5.56. The Bertz CT molecular complexity index is 431. The van der Waals surface area contributed by atoms with E-state index in [4.69, 9.17) is 4.74 Å². The number of rotatable bonds is 4. The fourth-order valence-electron chi connectivity index (χ4n) is 2.93. The third-order valence-corrected chi connectivity index (χ3v) is 4.05. The van der Waals surface area contributed by atoms with E-state index in [1.165, 1.54) is 31.7 Å². The molecule has 2 rings (SSSR count). The molecule has 0 radical (unpaired) electrons. The zero-order valence-electron chi connectivity index (χ0n) is 12.1. The fraction of sp³-hybridized carbons (Fsp3) is 0.625. The van der Waals surface area contributed by atoms with E-state index in [-0.39, 0.29) is 5.82 Å². The summed E-state index contributed by atoms with van der Waals surface area (Å²) in [6.45, 7) is 5.22. The van der Waals surface area contributed by atoms with Gasteiger partial charge in [-0.3, -0.25) is 0 Å². The molecular weight excluding hydrogens is 241 g/mol. The zero-order chi connectivity index (χ0) is 13.9. The second kappa shape index (κ2) is 5.91. The molecule has 1 aliphatic carbocycles. The molecule has 1 aromatic carbocycles. The first kappa shape index (κ1) is 14.3. The van der Waals surface area contributed by atoms with E-state index < -0.39 is 0 Å². The van der Waals surface area contributed by atoms with Crippen molar-refractivity contribution < 1.29 is 9.13 Å². The van der Waals surface area contributed by atoms with Crippen molar-refractivity contribution in [1.29, 1.82) is 0 Å². The van der Waals surface area contributed by atoms with Gasteiger partial charge in [-0.15, -0.1) is 0 Å². The van der Waals surface area contributed by atoms with Crippen molar-refractivity contribution in [2.45, 2.75) is 52.1 Å². The molecule has 1 saturated carbocycles. The maximum absolute atomic E-state index is 13.8. The van der Waals surface area contributed by atoms with Crippen LogP contribution in [-0.4, -0.2) is 13.2 Å². The molecular formula is C16H24FNO. The average Bonchev–Trinajstić information content (AvgIpc) is 2.36. The Morgan fingerprint density at radius 1 is 1.42 bits per heavy atom. The van der Waals surface area contributed by atoms with Crippen molar-refractivity contribution in [3.05, 3.63) is 29.6 Å². The van der Waals surface area contributed by atoms with E-state index in [1.807, 2.05) is 6.07 Å². The molecule has 0 amide bonds. The monoisotopic (exact) mass is 265 g/mol. The molecule has 19 heavy (non-hydrogen) atoms. The highest BCUT2D eigenvalue weighted by Crippen LogP contribution is 2.35. The maximum Gasteiger partial charge on any atom is 0.131 e. The zero-order valence-corrected chi connectivity index (χ0v) is 12.1. The Balaban J connectivity index is 1.91. The Morgan fingerprint density at radius 2 is 2.21 bits per heavy atom. The van der Waals surface area contributed by atoms with Gasteiger partial charge in [0.1, 0.15) is 11.6 Å². The fourth-order valence-corrected chi connectivity index (χ4v) is 2.93. The summed E-state index contributed by atoms with van der Waals surface area (Å²) in [5.74, 6) is 0.377. The second-order valence-electron chi connectivity index (χ2n) is 6.30. The van der Waals surface area contributed by atoms with Crippen LogP contribution in [0, 0.1) is 11.2 Å². The quantitative estimate of drug-likeness (QED) is 0.891. The van der Waals surface area contributed by atoms with Gasteiger partial charge in [-0.1, -0.05) is 26.3 Å². The largest absolute Gasteiger partial charge is 0.497 e. The van der Waals surface area contributed by atoms with Crippen LogP contribution in [0.2, 0.25) is 0 Å². The van der Waals surface area contributed by atoms with E-state index in [0.717, 1.165) is 0 Å².